The summed E-state index contributed by atoms with van der Waals surface area (Å²) in [6, 6.07) is 53.3. The van der Waals surface area contributed by atoms with E-state index in [4.69, 9.17) is 15.0 Å². The Morgan fingerprint density at radius 1 is 0.447 bits per heavy atom. The summed E-state index contributed by atoms with van der Waals surface area (Å²) in [5, 5.41) is 4.54. The standard InChI is InChI=1S/C43H30N4/c1-2-47-40-16-10-9-15-38(40)46-43(47)31-19-17-28(18-20-31)32-21-22-33-34-23-26-37-35(24-25-36(44-37)29-11-5-3-6-12-29)41(34)42(45-39(33)27-32)30-13-7-4-8-14-30/h3-27H,2H2,1H3. The van der Waals surface area contributed by atoms with Crippen LogP contribution in [-0.4, -0.2) is 19.5 Å². The minimum Gasteiger partial charge on any atom is -0.324 e. The molecule has 0 amide bonds. The maximum Gasteiger partial charge on any atom is 0.141 e. The Morgan fingerprint density at radius 3 is 1.89 bits per heavy atom. The summed E-state index contributed by atoms with van der Waals surface area (Å²) >= 11 is 0. The van der Waals surface area contributed by atoms with Crippen LogP contribution in [0.2, 0.25) is 0 Å². The lowest BCUT2D eigenvalue weighted by molar-refractivity contribution is 0.796. The van der Waals surface area contributed by atoms with Crippen LogP contribution < -0.4 is 0 Å². The van der Waals surface area contributed by atoms with Gasteiger partial charge in [0.05, 0.1) is 33.5 Å². The summed E-state index contributed by atoms with van der Waals surface area (Å²) in [6.45, 7) is 3.04. The average Bonchev–Trinajstić information content (AvgIpc) is 3.53. The molecule has 4 heteroatoms. The van der Waals surface area contributed by atoms with Gasteiger partial charge in [0.15, 0.2) is 0 Å². The molecule has 0 aliphatic rings. The van der Waals surface area contributed by atoms with Gasteiger partial charge in [0, 0.05) is 39.4 Å². The third kappa shape index (κ3) is 4.57. The van der Waals surface area contributed by atoms with E-state index in [9.17, 15) is 0 Å². The Morgan fingerprint density at radius 2 is 1.11 bits per heavy atom. The van der Waals surface area contributed by atoms with E-state index in [1.807, 2.05) is 12.1 Å². The molecule has 222 valence electrons. The Labute approximate surface area is 272 Å². The van der Waals surface area contributed by atoms with Gasteiger partial charge < -0.3 is 4.57 Å². The van der Waals surface area contributed by atoms with Crippen molar-refractivity contribution in [2.24, 2.45) is 0 Å². The van der Waals surface area contributed by atoms with Crippen LogP contribution in [0, 0.1) is 0 Å². The number of para-hydroxylation sites is 2. The maximum absolute atomic E-state index is 5.36. The fourth-order valence-corrected chi connectivity index (χ4v) is 6.89. The second-order valence-corrected chi connectivity index (χ2v) is 11.9. The molecular formula is C43H30N4. The van der Waals surface area contributed by atoms with Gasteiger partial charge in [-0.15, -0.1) is 0 Å². The van der Waals surface area contributed by atoms with Gasteiger partial charge in [0.25, 0.3) is 0 Å². The van der Waals surface area contributed by atoms with E-state index in [-0.39, 0.29) is 0 Å². The molecule has 4 nitrogen and oxygen atoms in total. The van der Waals surface area contributed by atoms with Crippen LogP contribution >= 0.6 is 0 Å². The predicted molar refractivity (Wildman–Crippen MR) is 195 cm³/mol. The highest BCUT2D eigenvalue weighted by Crippen LogP contribution is 2.39. The Kier molecular flexibility index (Phi) is 6.39. The Hall–Kier alpha value is -6.13. The number of aryl methyl sites for hydroxylation is 1. The first-order valence-electron chi connectivity index (χ1n) is 16.1. The summed E-state index contributed by atoms with van der Waals surface area (Å²) in [5.41, 5.74) is 11.7. The number of hydrogen-bond acceptors (Lipinski definition) is 3. The van der Waals surface area contributed by atoms with Crippen LogP contribution in [0.4, 0.5) is 0 Å². The van der Waals surface area contributed by atoms with E-state index in [0.29, 0.717) is 0 Å². The van der Waals surface area contributed by atoms with Crippen LogP contribution in [0.15, 0.2) is 152 Å². The molecule has 0 aliphatic carbocycles. The van der Waals surface area contributed by atoms with E-state index in [2.05, 4.69) is 151 Å². The molecule has 0 atom stereocenters. The van der Waals surface area contributed by atoms with Gasteiger partial charge in [-0.2, -0.15) is 0 Å². The van der Waals surface area contributed by atoms with Crippen molar-refractivity contribution < 1.29 is 0 Å². The quantitative estimate of drug-likeness (QED) is 0.184. The molecule has 9 rings (SSSR count). The number of hydrogen-bond donors (Lipinski definition) is 0. The topological polar surface area (TPSA) is 43.6 Å². The van der Waals surface area contributed by atoms with Crippen LogP contribution in [-0.2, 0) is 6.54 Å². The summed E-state index contributed by atoms with van der Waals surface area (Å²) in [7, 11) is 0. The van der Waals surface area contributed by atoms with Crippen molar-refractivity contribution in [3.8, 4) is 45.0 Å². The highest BCUT2D eigenvalue weighted by Gasteiger charge is 2.16. The van der Waals surface area contributed by atoms with Crippen LogP contribution in [0.1, 0.15) is 6.92 Å². The van der Waals surface area contributed by atoms with Gasteiger partial charge in [-0.1, -0.05) is 115 Å². The average molecular weight is 603 g/mol. The molecule has 0 saturated carbocycles. The lowest BCUT2D eigenvalue weighted by Gasteiger charge is -2.14. The molecule has 0 saturated heterocycles. The van der Waals surface area contributed by atoms with E-state index in [1.165, 1.54) is 5.39 Å². The van der Waals surface area contributed by atoms with Crippen molar-refractivity contribution in [1.29, 1.82) is 0 Å². The van der Waals surface area contributed by atoms with Crippen LogP contribution in [0.3, 0.4) is 0 Å². The minimum absolute atomic E-state index is 0.866. The molecule has 0 unspecified atom stereocenters. The van der Waals surface area contributed by atoms with Crippen LogP contribution in [0.5, 0.6) is 0 Å². The molecule has 0 fully saturated rings. The number of rotatable bonds is 5. The predicted octanol–water partition coefficient (Wildman–Crippen LogP) is 11.0. The smallest absolute Gasteiger partial charge is 0.141 e. The molecule has 9 aromatic rings. The van der Waals surface area contributed by atoms with Crippen molar-refractivity contribution in [1.82, 2.24) is 19.5 Å². The third-order valence-corrected chi connectivity index (χ3v) is 9.19. The van der Waals surface area contributed by atoms with Gasteiger partial charge in [-0.25, -0.2) is 15.0 Å². The van der Waals surface area contributed by atoms with E-state index >= 15 is 0 Å². The Balaban J connectivity index is 1.18. The van der Waals surface area contributed by atoms with Gasteiger partial charge in [0.1, 0.15) is 5.82 Å². The SMILES string of the molecule is CCn1c(-c2ccc(-c3ccc4c(c3)nc(-c3ccccc3)c3c5ccc(-c6ccccc6)nc5ccc43)cc2)nc2ccccc21. The van der Waals surface area contributed by atoms with Crippen molar-refractivity contribution in [3.05, 3.63) is 152 Å². The largest absolute Gasteiger partial charge is 0.324 e. The van der Waals surface area contributed by atoms with Crippen molar-refractivity contribution in [3.63, 3.8) is 0 Å². The first kappa shape index (κ1) is 27.2. The second-order valence-electron chi connectivity index (χ2n) is 11.9. The van der Waals surface area contributed by atoms with Gasteiger partial charge in [-0.05, 0) is 59.8 Å². The first-order chi connectivity index (χ1) is 23.2. The van der Waals surface area contributed by atoms with E-state index < -0.39 is 0 Å². The van der Waals surface area contributed by atoms with Gasteiger partial charge in [-0.3, -0.25) is 0 Å². The molecule has 0 spiro atoms. The zero-order valence-electron chi connectivity index (χ0n) is 25.9. The van der Waals surface area contributed by atoms with Gasteiger partial charge in [0.2, 0.25) is 0 Å². The summed E-state index contributed by atoms with van der Waals surface area (Å²) in [5.74, 6) is 0.997. The van der Waals surface area contributed by atoms with E-state index in [1.54, 1.807) is 0 Å². The second kappa shape index (κ2) is 11.0. The maximum atomic E-state index is 5.36. The molecule has 0 aliphatic heterocycles. The molecule has 3 heterocycles. The molecule has 47 heavy (non-hydrogen) atoms. The highest BCUT2D eigenvalue weighted by molar-refractivity contribution is 6.21. The lowest BCUT2D eigenvalue weighted by atomic mass is 9.94. The monoisotopic (exact) mass is 602 g/mol. The molecule has 0 bridgehead atoms. The summed E-state index contributed by atoms with van der Waals surface area (Å²) in [6.07, 6.45) is 0. The summed E-state index contributed by atoms with van der Waals surface area (Å²) in [4.78, 5) is 15.4. The fourth-order valence-electron chi connectivity index (χ4n) is 6.89. The fraction of sp³-hybridized carbons (Fsp3) is 0.0465. The van der Waals surface area contributed by atoms with Crippen molar-refractivity contribution in [2.45, 2.75) is 13.5 Å². The van der Waals surface area contributed by atoms with Gasteiger partial charge >= 0.3 is 0 Å². The number of imidazole rings is 1. The zero-order chi connectivity index (χ0) is 31.3. The number of aromatic nitrogens is 4. The third-order valence-electron chi connectivity index (χ3n) is 9.19. The molecule has 6 aromatic carbocycles. The number of benzene rings is 6. The minimum atomic E-state index is 0.866. The Bertz CT molecular complexity index is 2590. The molecule has 0 N–H and O–H groups in total. The first-order valence-corrected chi connectivity index (χ1v) is 16.1. The molecule has 3 aromatic heterocycles. The molecule has 0 radical (unpaired) electrons. The summed E-state index contributed by atoms with van der Waals surface area (Å²) < 4.78 is 2.28. The van der Waals surface area contributed by atoms with Crippen LogP contribution in [0.25, 0.3) is 88.6 Å². The number of pyridine rings is 2. The lowest BCUT2D eigenvalue weighted by Crippen LogP contribution is -1.97. The number of nitrogens with zero attached hydrogens (tertiary/aromatic N) is 4. The van der Waals surface area contributed by atoms with Crippen molar-refractivity contribution >= 4 is 43.6 Å². The molecular weight excluding hydrogens is 573 g/mol. The van der Waals surface area contributed by atoms with Crippen molar-refractivity contribution in [2.75, 3.05) is 0 Å². The number of fused-ring (bicyclic) bond motifs is 6. The van der Waals surface area contributed by atoms with E-state index in [0.717, 1.165) is 89.8 Å². The zero-order valence-corrected chi connectivity index (χ0v) is 25.9. The highest BCUT2D eigenvalue weighted by atomic mass is 15.1. The normalized spacial score (nSPS) is 11.6.